The van der Waals surface area contributed by atoms with Crippen molar-refractivity contribution in [1.29, 1.82) is 0 Å². The zero-order valence-electron chi connectivity index (χ0n) is 22.2. The highest BCUT2D eigenvalue weighted by atomic mass is 35.5. The standard InChI is InChI=1S/C31H34ClN3O3S/c1-2-25-11-5-6-17-34(25)18-8-16-33-30(36)23-14-15-29-27(20-23)35(21-22-9-7-10-24(32)19-22)31(37)26-12-3-4-13-28(26)39(29)38/h3-4,7,9-10,12-15,19-20,25H,2,5-6,8,11,16-18,21H2,1H3,(H,33,36)/t25-,39-/m0/s1. The maximum absolute atomic E-state index is 13.8. The fourth-order valence-corrected chi connectivity index (χ4v) is 7.14. The molecule has 8 heteroatoms. The van der Waals surface area contributed by atoms with E-state index < -0.39 is 10.8 Å². The van der Waals surface area contributed by atoms with Gasteiger partial charge >= 0.3 is 0 Å². The van der Waals surface area contributed by atoms with Crippen LogP contribution < -0.4 is 10.2 Å². The van der Waals surface area contributed by atoms with Gasteiger partial charge in [-0.3, -0.25) is 9.59 Å². The van der Waals surface area contributed by atoms with E-state index in [4.69, 9.17) is 11.6 Å². The van der Waals surface area contributed by atoms with E-state index in [1.807, 2.05) is 18.2 Å². The van der Waals surface area contributed by atoms with Crippen molar-refractivity contribution in [2.45, 2.75) is 61.4 Å². The molecule has 2 heterocycles. The van der Waals surface area contributed by atoms with Crippen LogP contribution in [-0.2, 0) is 17.3 Å². The molecule has 2 aliphatic heterocycles. The maximum atomic E-state index is 13.8. The van der Waals surface area contributed by atoms with Crippen LogP contribution in [0.2, 0.25) is 5.02 Å². The molecule has 0 spiro atoms. The molecule has 1 fully saturated rings. The number of nitrogens with one attached hydrogen (secondary N) is 1. The second-order valence-corrected chi connectivity index (χ2v) is 12.0. The molecule has 1 N–H and O–H groups in total. The van der Waals surface area contributed by atoms with Crippen molar-refractivity contribution in [3.05, 3.63) is 88.4 Å². The Bertz CT molecular complexity index is 1390. The molecule has 1 saturated heterocycles. The van der Waals surface area contributed by atoms with Crippen LogP contribution in [0.5, 0.6) is 0 Å². The number of anilines is 1. The summed E-state index contributed by atoms with van der Waals surface area (Å²) < 4.78 is 13.6. The molecule has 39 heavy (non-hydrogen) atoms. The normalized spacial score (nSPS) is 19.2. The maximum Gasteiger partial charge on any atom is 0.259 e. The lowest BCUT2D eigenvalue weighted by atomic mass is 10.00. The first kappa shape index (κ1) is 27.6. The van der Waals surface area contributed by atoms with E-state index in [0.29, 0.717) is 44.2 Å². The van der Waals surface area contributed by atoms with Gasteiger partial charge in [-0.05, 0) is 80.3 Å². The van der Waals surface area contributed by atoms with Gasteiger partial charge in [-0.1, -0.05) is 49.2 Å². The number of hydrogen-bond acceptors (Lipinski definition) is 4. The summed E-state index contributed by atoms with van der Waals surface area (Å²) in [4.78, 5) is 32.1. The molecule has 0 saturated carbocycles. The first-order chi connectivity index (χ1) is 19.0. The molecular weight excluding hydrogens is 530 g/mol. The molecule has 0 aromatic heterocycles. The van der Waals surface area contributed by atoms with Gasteiger partial charge in [-0.2, -0.15) is 0 Å². The first-order valence-electron chi connectivity index (χ1n) is 13.7. The monoisotopic (exact) mass is 563 g/mol. The van der Waals surface area contributed by atoms with Gasteiger partial charge in [0.05, 0.1) is 38.4 Å². The minimum Gasteiger partial charge on any atom is -0.352 e. The number of carbonyl (C=O) groups excluding carboxylic acids is 2. The zero-order valence-corrected chi connectivity index (χ0v) is 23.8. The number of benzene rings is 3. The lowest BCUT2D eigenvalue weighted by Crippen LogP contribution is -2.40. The molecule has 2 amide bonds. The summed E-state index contributed by atoms with van der Waals surface area (Å²) in [6.07, 6.45) is 5.85. The summed E-state index contributed by atoms with van der Waals surface area (Å²) >= 11 is 6.22. The third-order valence-corrected chi connectivity index (χ3v) is 9.37. The summed E-state index contributed by atoms with van der Waals surface area (Å²) in [6, 6.07) is 20.0. The highest BCUT2D eigenvalue weighted by molar-refractivity contribution is 7.85. The molecule has 3 aromatic rings. The highest BCUT2D eigenvalue weighted by Gasteiger charge is 2.31. The molecule has 3 aromatic carbocycles. The first-order valence-corrected chi connectivity index (χ1v) is 15.2. The minimum atomic E-state index is -1.57. The van der Waals surface area contributed by atoms with Crippen molar-refractivity contribution < 1.29 is 13.8 Å². The van der Waals surface area contributed by atoms with Crippen molar-refractivity contribution in [2.75, 3.05) is 24.5 Å². The van der Waals surface area contributed by atoms with Crippen LogP contribution in [0.4, 0.5) is 5.69 Å². The summed E-state index contributed by atoms with van der Waals surface area (Å²) in [5.41, 5.74) is 2.14. The lowest BCUT2D eigenvalue weighted by molar-refractivity contribution is 0.0944. The number of amides is 2. The minimum absolute atomic E-state index is 0.203. The number of rotatable bonds is 8. The second-order valence-electron chi connectivity index (χ2n) is 10.2. The zero-order chi connectivity index (χ0) is 27.4. The number of piperidine rings is 1. The number of hydrogen-bond donors (Lipinski definition) is 1. The largest absolute Gasteiger partial charge is 0.352 e. The van der Waals surface area contributed by atoms with Gasteiger partial charge in [-0.25, -0.2) is 4.21 Å². The van der Waals surface area contributed by atoms with E-state index in [0.717, 1.165) is 31.5 Å². The highest BCUT2D eigenvalue weighted by Crippen LogP contribution is 2.36. The van der Waals surface area contributed by atoms with E-state index in [-0.39, 0.29) is 18.4 Å². The smallest absolute Gasteiger partial charge is 0.259 e. The van der Waals surface area contributed by atoms with Gasteiger partial charge in [0.2, 0.25) is 0 Å². The van der Waals surface area contributed by atoms with Crippen molar-refractivity contribution in [3.63, 3.8) is 0 Å². The summed E-state index contributed by atoms with van der Waals surface area (Å²) in [5, 5.41) is 3.61. The molecular formula is C31H34ClN3O3S. The van der Waals surface area contributed by atoms with Crippen molar-refractivity contribution >= 4 is 39.9 Å². The summed E-state index contributed by atoms with van der Waals surface area (Å²) in [7, 11) is -1.57. The molecule has 2 atom stereocenters. The van der Waals surface area contributed by atoms with Crippen LogP contribution in [0.15, 0.2) is 76.5 Å². The Balaban J connectivity index is 1.38. The average molecular weight is 564 g/mol. The van der Waals surface area contributed by atoms with Crippen LogP contribution in [0, 0.1) is 0 Å². The number of likely N-dealkylation sites (tertiary alicyclic amines) is 1. The summed E-state index contributed by atoms with van der Waals surface area (Å²) in [6.45, 7) is 5.16. The van der Waals surface area contributed by atoms with Crippen LogP contribution in [0.1, 0.15) is 65.3 Å². The van der Waals surface area contributed by atoms with Crippen LogP contribution in [0.3, 0.4) is 0 Å². The molecule has 0 bridgehead atoms. The molecule has 204 valence electrons. The number of nitrogens with zero attached hydrogens (tertiary/aromatic N) is 2. The second kappa shape index (κ2) is 12.5. The molecule has 0 aliphatic carbocycles. The van der Waals surface area contributed by atoms with Crippen LogP contribution in [0.25, 0.3) is 0 Å². The lowest BCUT2D eigenvalue weighted by Gasteiger charge is -2.35. The Morgan fingerprint density at radius 3 is 2.72 bits per heavy atom. The van der Waals surface area contributed by atoms with Gasteiger partial charge in [0.15, 0.2) is 0 Å². The molecule has 0 unspecified atom stereocenters. The van der Waals surface area contributed by atoms with Crippen LogP contribution >= 0.6 is 11.6 Å². The van der Waals surface area contributed by atoms with E-state index in [9.17, 15) is 13.8 Å². The summed E-state index contributed by atoms with van der Waals surface area (Å²) in [5.74, 6) is -0.464. The van der Waals surface area contributed by atoms with E-state index >= 15 is 0 Å². The predicted octanol–water partition coefficient (Wildman–Crippen LogP) is 6.05. The van der Waals surface area contributed by atoms with Gasteiger partial charge in [0.25, 0.3) is 11.8 Å². The van der Waals surface area contributed by atoms with E-state index in [1.54, 1.807) is 53.4 Å². The average Bonchev–Trinajstić information content (AvgIpc) is 3.04. The van der Waals surface area contributed by atoms with Gasteiger partial charge in [0.1, 0.15) is 0 Å². The Kier molecular flexibility index (Phi) is 8.80. The van der Waals surface area contributed by atoms with Gasteiger partial charge in [0, 0.05) is 29.7 Å². The van der Waals surface area contributed by atoms with Gasteiger partial charge < -0.3 is 15.1 Å². The quantitative estimate of drug-likeness (QED) is 0.339. The van der Waals surface area contributed by atoms with E-state index in [1.165, 1.54) is 19.3 Å². The molecule has 0 radical (unpaired) electrons. The molecule has 5 rings (SSSR count). The van der Waals surface area contributed by atoms with Crippen LogP contribution in [-0.4, -0.2) is 46.6 Å². The number of carbonyl (C=O) groups is 2. The van der Waals surface area contributed by atoms with Crippen molar-refractivity contribution in [3.8, 4) is 0 Å². The Morgan fingerprint density at radius 1 is 1.05 bits per heavy atom. The number of halogens is 1. The molecule has 2 aliphatic rings. The predicted molar refractivity (Wildman–Crippen MR) is 156 cm³/mol. The third kappa shape index (κ3) is 6.11. The van der Waals surface area contributed by atoms with Gasteiger partial charge in [-0.15, -0.1) is 0 Å². The fraction of sp³-hybridized carbons (Fsp3) is 0.355. The SMILES string of the molecule is CC[C@H]1CCCCN1CCCNC(=O)c1ccc2c(c1)N(Cc1cccc(Cl)c1)C(=O)c1ccccc1[S@@]2=O. The topological polar surface area (TPSA) is 69.7 Å². The Morgan fingerprint density at radius 2 is 1.90 bits per heavy atom. The molecule has 6 nitrogen and oxygen atoms in total. The number of fused-ring (bicyclic) bond motifs is 2. The van der Waals surface area contributed by atoms with E-state index in [2.05, 4.69) is 17.1 Å². The van der Waals surface area contributed by atoms with Crippen molar-refractivity contribution in [2.24, 2.45) is 0 Å². The third-order valence-electron chi connectivity index (χ3n) is 7.63. The van der Waals surface area contributed by atoms with Crippen molar-refractivity contribution in [1.82, 2.24) is 10.2 Å². The Hall–Kier alpha value is -3.00. The Labute approximate surface area is 237 Å². The fourth-order valence-electron chi connectivity index (χ4n) is 5.58.